The summed E-state index contributed by atoms with van der Waals surface area (Å²) in [6, 6.07) is 5.85. The molecule has 0 bridgehead atoms. The van der Waals surface area contributed by atoms with Crippen molar-refractivity contribution < 1.29 is 4.74 Å². The first-order chi connectivity index (χ1) is 7.96. The number of nitrogens with two attached hydrogens (primary N) is 1. The molecule has 0 heterocycles. The van der Waals surface area contributed by atoms with Gasteiger partial charge in [0.05, 0.1) is 9.67 Å². The average molecular weight is 345 g/mol. The summed E-state index contributed by atoms with van der Waals surface area (Å²) in [6.45, 7) is 4.69. The van der Waals surface area contributed by atoms with Crippen LogP contribution in [0, 0.1) is 8.99 Å². The van der Waals surface area contributed by atoms with Crippen molar-refractivity contribution in [3.63, 3.8) is 0 Å². The Balaban J connectivity index is 1.98. The minimum absolute atomic E-state index is 0.375. The third-order valence-electron chi connectivity index (χ3n) is 3.54. The van der Waals surface area contributed by atoms with Gasteiger partial charge < -0.3 is 10.5 Å². The summed E-state index contributed by atoms with van der Waals surface area (Å²) in [5.74, 6) is 0.976. The monoisotopic (exact) mass is 345 g/mol. The molecule has 0 aliphatic heterocycles. The van der Waals surface area contributed by atoms with Crippen LogP contribution < -0.4 is 10.5 Å². The average Bonchev–Trinajstić information content (AvgIpc) is 2.25. The molecule has 2 N–H and O–H groups in total. The topological polar surface area (TPSA) is 35.2 Å². The highest BCUT2D eigenvalue weighted by atomic mass is 127. The van der Waals surface area contributed by atoms with Crippen molar-refractivity contribution >= 4 is 28.3 Å². The van der Waals surface area contributed by atoms with E-state index >= 15 is 0 Å². The zero-order valence-corrected chi connectivity index (χ0v) is 12.7. The molecule has 3 heteroatoms. The lowest BCUT2D eigenvalue weighted by molar-refractivity contribution is 0.0981. The van der Waals surface area contributed by atoms with Gasteiger partial charge in [-0.3, -0.25) is 0 Å². The van der Waals surface area contributed by atoms with Crippen molar-refractivity contribution in [3.05, 3.63) is 21.8 Å². The van der Waals surface area contributed by atoms with E-state index in [1.54, 1.807) is 0 Å². The van der Waals surface area contributed by atoms with Crippen LogP contribution in [0.4, 0.5) is 5.69 Å². The third kappa shape index (κ3) is 3.50. The first kappa shape index (κ1) is 13.0. The molecule has 0 amide bonds. The van der Waals surface area contributed by atoms with E-state index in [1.807, 2.05) is 18.2 Å². The first-order valence-electron chi connectivity index (χ1n) is 6.18. The predicted octanol–water partition coefficient (Wildman–Crippen LogP) is 4.22. The Bertz CT molecular complexity index is 393. The van der Waals surface area contributed by atoms with Gasteiger partial charge in [-0.25, -0.2) is 0 Å². The fraction of sp³-hybridized carbons (Fsp3) is 0.571. The van der Waals surface area contributed by atoms with E-state index in [-0.39, 0.29) is 0 Å². The lowest BCUT2D eigenvalue weighted by atomic mass is 9.76. The fourth-order valence-corrected chi connectivity index (χ4v) is 2.95. The van der Waals surface area contributed by atoms with Crippen LogP contribution in [0.25, 0.3) is 0 Å². The van der Waals surface area contributed by atoms with Crippen LogP contribution in [0.1, 0.15) is 39.5 Å². The van der Waals surface area contributed by atoms with Gasteiger partial charge in [-0.05, 0) is 71.9 Å². The number of halogens is 1. The maximum absolute atomic E-state index is 6.07. The standard InChI is InChI=1S/C14H20INO/c1-14(2)7-5-11(6-8-14)17-13-4-3-10(16)9-12(13)15/h3-4,9,11H,5-8,16H2,1-2H3. The van der Waals surface area contributed by atoms with E-state index in [1.165, 1.54) is 12.8 Å². The van der Waals surface area contributed by atoms with Crippen LogP contribution in [-0.2, 0) is 0 Å². The molecule has 1 aromatic carbocycles. The van der Waals surface area contributed by atoms with Crippen LogP contribution in [0.5, 0.6) is 5.75 Å². The molecular weight excluding hydrogens is 325 g/mol. The Morgan fingerprint density at radius 1 is 1.29 bits per heavy atom. The molecule has 1 saturated carbocycles. The highest BCUT2D eigenvalue weighted by Crippen LogP contribution is 2.37. The fourth-order valence-electron chi connectivity index (χ4n) is 2.28. The summed E-state index contributed by atoms with van der Waals surface area (Å²) < 4.78 is 7.18. The SMILES string of the molecule is CC1(C)CCC(Oc2ccc(N)cc2I)CC1. The summed E-state index contributed by atoms with van der Waals surface area (Å²) in [4.78, 5) is 0. The lowest BCUT2D eigenvalue weighted by Crippen LogP contribution is -2.28. The Morgan fingerprint density at radius 2 is 1.94 bits per heavy atom. The van der Waals surface area contributed by atoms with Crippen molar-refractivity contribution in [3.8, 4) is 5.75 Å². The molecule has 0 atom stereocenters. The number of anilines is 1. The molecule has 0 spiro atoms. The van der Waals surface area contributed by atoms with Crippen molar-refractivity contribution in [1.82, 2.24) is 0 Å². The van der Waals surface area contributed by atoms with Gasteiger partial charge in [0, 0.05) is 5.69 Å². The van der Waals surface area contributed by atoms with Gasteiger partial charge in [0.25, 0.3) is 0 Å². The quantitative estimate of drug-likeness (QED) is 0.643. The molecule has 0 aromatic heterocycles. The summed E-state index contributed by atoms with van der Waals surface area (Å²) >= 11 is 2.28. The predicted molar refractivity (Wildman–Crippen MR) is 80.2 cm³/mol. The largest absolute Gasteiger partial charge is 0.489 e. The molecule has 94 valence electrons. The van der Waals surface area contributed by atoms with E-state index in [0.717, 1.165) is 27.8 Å². The molecule has 17 heavy (non-hydrogen) atoms. The Hall–Kier alpha value is -0.450. The number of hydrogen-bond donors (Lipinski definition) is 1. The van der Waals surface area contributed by atoms with E-state index in [0.29, 0.717) is 11.5 Å². The Morgan fingerprint density at radius 3 is 2.53 bits per heavy atom. The maximum Gasteiger partial charge on any atom is 0.133 e. The molecule has 2 rings (SSSR count). The van der Waals surface area contributed by atoms with Crippen molar-refractivity contribution in [2.45, 2.75) is 45.6 Å². The summed E-state index contributed by atoms with van der Waals surface area (Å²) in [5, 5.41) is 0. The summed E-state index contributed by atoms with van der Waals surface area (Å²) in [7, 11) is 0. The molecule has 1 aliphatic carbocycles. The molecule has 1 aromatic rings. The minimum atomic E-state index is 0.375. The molecule has 1 fully saturated rings. The normalized spacial score (nSPS) is 20.2. The molecule has 0 radical (unpaired) electrons. The second kappa shape index (κ2) is 5.04. The minimum Gasteiger partial charge on any atom is -0.489 e. The summed E-state index contributed by atoms with van der Waals surface area (Å²) in [5.41, 5.74) is 7.03. The van der Waals surface area contributed by atoms with E-state index < -0.39 is 0 Å². The van der Waals surface area contributed by atoms with Gasteiger partial charge in [-0.15, -0.1) is 0 Å². The number of rotatable bonds is 2. The van der Waals surface area contributed by atoms with Gasteiger partial charge >= 0.3 is 0 Å². The van der Waals surface area contributed by atoms with Crippen LogP contribution >= 0.6 is 22.6 Å². The number of ether oxygens (including phenoxy) is 1. The number of hydrogen-bond acceptors (Lipinski definition) is 2. The molecule has 0 saturated heterocycles. The summed E-state index contributed by atoms with van der Waals surface area (Å²) in [6.07, 6.45) is 5.20. The van der Waals surface area contributed by atoms with Crippen LogP contribution in [-0.4, -0.2) is 6.10 Å². The van der Waals surface area contributed by atoms with Crippen LogP contribution in [0.2, 0.25) is 0 Å². The van der Waals surface area contributed by atoms with Crippen LogP contribution in [0.3, 0.4) is 0 Å². The van der Waals surface area contributed by atoms with Crippen molar-refractivity contribution in [2.75, 3.05) is 5.73 Å². The van der Waals surface area contributed by atoms with Gasteiger partial charge in [0.2, 0.25) is 0 Å². The van der Waals surface area contributed by atoms with Gasteiger partial charge in [-0.1, -0.05) is 13.8 Å². The van der Waals surface area contributed by atoms with Gasteiger partial charge in [-0.2, -0.15) is 0 Å². The molecule has 1 aliphatic rings. The van der Waals surface area contributed by atoms with E-state index in [4.69, 9.17) is 10.5 Å². The highest BCUT2D eigenvalue weighted by Gasteiger charge is 2.28. The zero-order valence-electron chi connectivity index (χ0n) is 10.5. The van der Waals surface area contributed by atoms with E-state index in [2.05, 4.69) is 36.4 Å². The third-order valence-corrected chi connectivity index (χ3v) is 4.38. The number of nitrogen functional groups attached to an aromatic ring is 1. The second-order valence-electron chi connectivity index (χ2n) is 5.67. The Labute approximate surface area is 117 Å². The Kier molecular flexibility index (Phi) is 3.85. The first-order valence-corrected chi connectivity index (χ1v) is 7.26. The molecule has 0 unspecified atom stereocenters. The van der Waals surface area contributed by atoms with E-state index in [9.17, 15) is 0 Å². The van der Waals surface area contributed by atoms with Gasteiger partial charge in [0.15, 0.2) is 0 Å². The maximum atomic E-state index is 6.07. The van der Waals surface area contributed by atoms with Gasteiger partial charge in [0.1, 0.15) is 5.75 Å². The van der Waals surface area contributed by atoms with Crippen molar-refractivity contribution in [1.29, 1.82) is 0 Å². The smallest absolute Gasteiger partial charge is 0.133 e. The lowest BCUT2D eigenvalue weighted by Gasteiger charge is -2.34. The number of benzene rings is 1. The highest BCUT2D eigenvalue weighted by molar-refractivity contribution is 14.1. The molecular formula is C14H20INO. The zero-order chi connectivity index (χ0) is 12.5. The van der Waals surface area contributed by atoms with Crippen LogP contribution in [0.15, 0.2) is 18.2 Å². The van der Waals surface area contributed by atoms with Crippen molar-refractivity contribution in [2.24, 2.45) is 5.41 Å². The molecule has 2 nitrogen and oxygen atoms in total. The second-order valence-corrected chi connectivity index (χ2v) is 6.83.